The number of rotatable bonds is 7. The van der Waals surface area contributed by atoms with Crippen molar-refractivity contribution in [2.75, 3.05) is 0 Å². The zero-order valence-corrected chi connectivity index (χ0v) is 26.8. The maximum absolute atomic E-state index is 6.63. The molecule has 0 unspecified atom stereocenters. The van der Waals surface area contributed by atoms with E-state index in [-0.39, 0.29) is 0 Å². The Hall–Kier alpha value is -6.33. The van der Waals surface area contributed by atoms with E-state index in [4.69, 9.17) is 23.8 Å². The number of allylic oxidation sites excluding steroid dienone is 5. The lowest BCUT2D eigenvalue weighted by Crippen LogP contribution is -2.05. The van der Waals surface area contributed by atoms with Gasteiger partial charge in [0, 0.05) is 44.8 Å². The minimum absolute atomic E-state index is 0.514. The normalized spacial score (nSPS) is 13.3. The summed E-state index contributed by atoms with van der Waals surface area (Å²) in [6.07, 6.45) is 14.9. The van der Waals surface area contributed by atoms with Crippen LogP contribution in [0.2, 0.25) is 0 Å². The first-order valence-electron chi connectivity index (χ1n) is 16.6. The van der Waals surface area contributed by atoms with Crippen LogP contribution < -0.4 is 0 Å². The molecule has 5 nitrogen and oxygen atoms in total. The minimum Gasteiger partial charge on any atom is -0.456 e. The lowest BCUT2D eigenvalue weighted by molar-refractivity contribution is 0.603. The lowest BCUT2D eigenvalue weighted by atomic mass is 9.96. The van der Waals surface area contributed by atoms with Gasteiger partial charge in [-0.1, -0.05) is 110 Å². The topological polar surface area (TPSA) is 65.0 Å². The SMILES string of the molecule is C=Cc1oc2ccccc2c1/C=C\Cc1nc(C2=CCCC=C2)nc(-c2ccc(-c3ccc4ccccc4c3)c3oc4ccccc4c23)n1. The molecule has 1 aliphatic carbocycles. The maximum atomic E-state index is 6.63. The molecule has 3 heterocycles. The van der Waals surface area contributed by atoms with Crippen LogP contribution >= 0.6 is 0 Å². The van der Waals surface area contributed by atoms with Crippen LogP contribution in [0.15, 0.2) is 143 Å². The van der Waals surface area contributed by atoms with Gasteiger partial charge in [-0.2, -0.15) is 0 Å². The Labute approximate surface area is 283 Å². The highest BCUT2D eigenvalue weighted by Crippen LogP contribution is 2.41. The van der Waals surface area contributed by atoms with E-state index in [0.29, 0.717) is 23.9 Å². The molecule has 9 rings (SSSR count). The van der Waals surface area contributed by atoms with Crippen molar-refractivity contribution in [3.63, 3.8) is 0 Å². The number of hydrogen-bond acceptors (Lipinski definition) is 5. The van der Waals surface area contributed by atoms with E-state index in [2.05, 4.69) is 104 Å². The molecule has 8 aromatic rings. The van der Waals surface area contributed by atoms with Crippen molar-refractivity contribution in [3.8, 4) is 22.5 Å². The van der Waals surface area contributed by atoms with E-state index in [1.54, 1.807) is 6.08 Å². The highest BCUT2D eigenvalue weighted by atomic mass is 16.3. The van der Waals surface area contributed by atoms with Crippen molar-refractivity contribution in [2.45, 2.75) is 19.3 Å². The van der Waals surface area contributed by atoms with Crippen molar-refractivity contribution in [3.05, 3.63) is 157 Å². The van der Waals surface area contributed by atoms with Crippen LogP contribution in [0.5, 0.6) is 0 Å². The predicted octanol–water partition coefficient (Wildman–Crippen LogP) is 11.6. The number of benzene rings is 5. The molecule has 5 heteroatoms. The fourth-order valence-electron chi connectivity index (χ4n) is 6.83. The molecule has 0 spiro atoms. The summed E-state index contributed by atoms with van der Waals surface area (Å²) in [5.41, 5.74) is 7.52. The van der Waals surface area contributed by atoms with Crippen LogP contribution in [-0.2, 0) is 6.42 Å². The monoisotopic (exact) mass is 633 g/mol. The summed E-state index contributed by atoms with van der Waals surface area (Å²) < 4.78 is 12.7. The second-order valence-corrected chi connectivity index (χ2v) is 12.2. The first-order valence-corrected chi connectivity index (χ1v) is 16.6. The summed E-state index contributed by atoms with van der Waals surface area (Å²) in [5, 5.41) is 5.46. The van der Waals surface area contributed by atoms with Crippen molar-refractivity contribution in [1.82, 2.24) is 15.0 Å². The lowest BCUT2D eigenvalue weighted by Gasteiger charge is -2.12. The fourth-order valence-corrected chi connectivity index (χ4v) is 6.83. The molecule has 5 aromatic carbocycles. The summed E-state index contributed by atoms with van der Waals surface area (Å²) >= 11 is 0. The van der Waals surface area contributed by atoms with Crippen LogP contribution in [0.1, 0.15) is 35.8 Å². The van der Waals surface area contributed by atoms with Crippen LogP contribution in [0.25, 0.3) is 83.9 Å². The molecule has 234 valence electrons. The zero-order valence-electron chi connectivity index (χ0n) is 26.8. The largest absolute Gasteiger partial charge is 0.456 e. The van der Waals surface area contributed by atoms with E-state index in [0.717, 1.165) is 79.3 Å². The second kappa shape index (κ2) is 12.0. The molecule has 3 aromatic heterocycles. The summed E-state index contributed by atoms with van der Waals surface area (Å²) in [4.78, 5) is 15.2. The third-order valence-electron chi connectivity index (χ3n) is 9.20. The number of furan rings is 2. The molecule has 1 aliphatic rings. The Balaban J connectivity index is 1.20. The fraction of sp³-hybridized carbons (Fsp3) is 0.0682. The smallest absolute Gasteiger partial charge is 0.164 e. The van der Waals surface area contributed by atoms with Gasteiger partial charge in [-0.25, -0.2) is 15.0 Å². The summed E-state index contributed by atoms with van der Waals surface area (Å²) in [5.74, 6) is 2.72. The van der Waals surface area contributed by atoms with E-state index in [1.807, 2.05) is 36.4 Å². The summed E-state index contributed by atoms with van der Waals surface area (Å²) in [6, 6.07) is 35.5. The summed E-state index contributed by atoms with van der Waals surface area (Å²) in [7, 11) is 0. The third-order valence-corrected chi connectivity index (χ3v) is 9.20. The molecule has 0 N–H and O–H groups in total. The molecule has 49 heavy (non-hydrogen) atoms. The van der Waals surface area contributed by atoms with Gasteiger partial charge in [-0.05, 0) is 65.6 Å². The van der Waals surface area contributed by atoms with Crippen molar-refractivity contribution in [1.29, 1.82) is 0 Å². The van der Waals surface area contributed by atoms with Crippen molar-refractivity contribution >= 4 is 61.4 Å². The third kappa shape index (κ3) is 5.17. The first-order chi connectivity index (χ1) is 24.2. The van der Waals surface area contributed by atoms with E-state index < -0.39 is 0 Å². The highest BCUT2D eigenvalue weighted by molar-refractivity contribution is 6.16. The van der Waals surface area contributed by atoms with Gasteiger partial charge in [0.25, 0.3) is 0 Å². The molecule has 0 saturated heterocycles. The van der Waals surface area contributed by atoms with Crippen molar-refractivity contribution in [2.24, 2.45) is 0 Å². The average Bonchev–Trinajstić information content (AvgIpc) is 3.73. The summed E-state index contributed by atoms with van der Waals surface area (Å²) in [6.45, 7) is 3.96. The second-order valence-electron chi connectivity index (χ2n) is 12.2. The molecule has 0 bridgehead atoms. The molecule has 0 atom stereocenters. The van der Waals surface area contributed by atoms with Gasteiger partial charge in [0.1, 0.15) is 28.3 Å². The Kier molecular flexibility index (Phi) is 7.09. The van der Waals surface area contributed by atoms with Gasteiger partial charge in [-0.3, -0.25) is 0 Å². The van der Waals surface area contributed by atoms with Gasteiger partial charge >= 0.3 is 0 Å². The predicted molar refractivity (Wildman–Crippen MR) is 201 cm³/mol. The molecule has 0 radical (unpaired) electrons. The standard InChI is InChI=1S/C44H31N3O2/c1-2-37-33(34-17-8-10-20-38(34)48-37)19-12-22-40-45-43(29-14-4-3-5-15-29)47-44(46-40)36-26-25-32(31-24-23-28-13-6-7-16-30(28)27-31)42-41(36)35-18-9-11-21-39(35)49-42/h2,4,6-21,23-27H,1,3,5,22H2/b19-12-. The highest BCUT2D eigenvalue weighted by Gasteiger charge is 2.20. The Morgan fingerprint density at radius 2 is 1.45 bits per heavy atom. The Bertz CT molecular complexity index is 2670. The van der Waals surface area contributed by atoms with Gasteiger partial charge in [0.05, 0.1) is 0 Å². The Morgan fingerprint density at radius 1 is 0.694 bits per heavy atom. The van der Waals surface area contributed by atoms with Gasteiger partial charge < -0.3 is 8.83 Å². The molecule has 0 aliphatic heterocycles. The molecule has 0 fully saturated rings. The number of fused-ring (bicyclic) bond motifs is 5. The molecule has 0 amide bonds. The van der Waals surface area contributed by atoms with Crippen LogP contribution in [0.3, 0.4) is 0 Å². The number of nitrogens with zero attached hydrogens (tertiary/aromatic N) is 3. The van der Waals surface area contributed by atoms with Gasteiger partial charge in [0.15, 0.2) is 11.6 Å². The Morgan fingerprint density at radius 3 is 2.29 bits per heavy atom. The first kappa shape index (κ1) is 28.9. The molecular weight excluding hydrogens is 603 g/mol. The minimum atomic E-state index is 0.514. The number of para-hydroxylation sites is 2. The van der Waals surface area contributed by atoms with E-state index in [9.17, 15) is 0 Å². The number of hydrogen-bond donors (Lipinski definition) is 0. The van der Waals surface area contributed by atoms with Crippen LogP contribution in [0.4, 0.5) is 0 Å². The van der Waals surface area contributed by atoms with Crippen LogP contribution in [-0.4, -0.2) is 15.0 Å². The maximum Gasteiger partial charge on any atom is 0.164 e. The average molecular weight is 634 g/mol. The quantitative estimate of drug-likeness (QED) is 0.175. The molecular formula is C44H31N3O2. The zero-order chi connectivity index (χ0) is 32.7. The number of aromatic nitrogens is 3. The van der Waals surface area contributed by atoms with Crippen molar-refractivity contribution < 1.29 is 8.83 Å². The molecule has 0 saturated carbocycles. The van der Waals surface area contributed by atoms with Crippen LogP contribution in [0, 0.1) is 0 Å². The van der Waals surface area contributed by atoms with Gasteiger partial charge in [-0.15, -0.1) is 0 Å². The van der Waals surface area contributed by atoms with Gasteiger partial charge in [0.2, 0.25) is 0 Å². The van der Waals surface area contributed by atoms with E-state index in [1.165, 1.54) is 10.8 Å². The van der Waals surface area contributed by atoms with E-state index >= 15 is 0 Å².